The predicted molar refractivity (Wildman–Crippen MR) is 169 cm³/mol. The van der Waals surface area contributed by atoms with Gasteiger partial charge in [0.05, 0.1) is 17.7 Å². The van der Waals surface area contributed by atoms with E-state index in [9.17, 15) is 15.3 Å². The van der Waals surface area contributed by atoms with Crippen molar-refractivity contribution in [2.24, 2.45) is 0 Å². The first-order valence-corrected chi connectivity index (χ1v) is 15.8. The molecule has 2 aromatic carbocycles. The van der Waals surface area contributed by atoms with Gasteiger partial charge < -0.3 is 20.1 Å². The van der Waals surface area contributed by atoms with Crippen LogP contribution >= 0.6 is 34.7 Å². The maximum absolute atomic E-state index is 10.6. The molecule has 9 nitrogen and oxygen atoms in total. The second-order valence-electron chi connectivity index (χ2n) is 9.64. The number of aliphatic carboxylic acids is 1. The van der Waals surface area contributed by atoms with Gasteiger partial charge in [-0.15, -0.1) is 11.3 Å². The van der Waals surface area contributed by atoms with Crippen LogP contribution in [0.1, 0.15) is 29.7 Å². The van der Waals surface area contributed by atoms with Crippen LogP contribution in [-0.2, 0) is 10.5 Å². The van der Waals surface area contributed by atoms with Gasteiger partial charge in [-0.3, -0.25) is 4.79 Å². The topological polar surface area (TPSA) is 135 Å². The summed E-state index contributed by atoms with van der Waals surface area (Å²) in [7, 11) is 0. The molecule has 0 amide bonds. The lowest BCUT2D eigenvalue weighted by Crippen LogP contribution is -2.38. The van der Waals surface area contributed by atoms with Crippen molar-refractivity contribution in [2.75, 3.05) is 37.7 Å². The maximum Gasteiger partial charge on any atom is 0.304 e. The van der Waals surface area contributed by atoms with Crippen molar-refractivity contribution >= 4 is 46.5 Å². The normalized spacial score (nSPS) is 12.3. The number of carboxylic acids is 1. The van der Waals surface area contributed by atoms with Crippen molar-refractivity contribution in [2.45, 2.75) is 23.6 Å². The van der Waals surface area contributed by atoms with Gasteiger partial charge in [-0.1, -0.05) is 47.6 Å². The Morgan fingerprint density at radius 1 is 1.05 bits per heavy atom. The molecule has 12 heteroatoms. The fraction of sp³-hybridized carbons (Fsp3) is 0.258. The summed E-state index contributed by atoms with van der Waals surface area (Å²) in [5.41, 5.74) is 3.90. The number of benzene rings is 2. The summed E-state index contributed by atoms with van der Waals surface area (Å²) in [5, 5.41) is 36.4. The van der Waals surface area contributed by atoms with Crippen LogP contribution in [0, 0.1) is 22.7 Å². The fourth-order valence-corrected chi connectivity index (χ4v) is 6.36. The minimum atomic E-state index is -0.848. The van der Waals surface area contributed by atoms with Gasteiger partial charge in [0.15, 0.2) is 0 Å². The highest BCUT2D eigenvalue weighted by Crippen LogP contribution is 2.40. The molecule has 0 spiro atoms. The molecule has 0 aliphatic carbocycles. The molecule has 0 atom stereocenters. The first kappa shape index (κ1) is 30.3. The third kappa shape index (κ3) is 7.45. The van der Waals surface area contributed by atoms with E-state index < -0.39 is 5.97 Å². The van der Waals surface area contributed by atoms with Gasteiger partial charge in [0.1, 0.15) is 45.9 Å². The van der Waals surface area contributed by atoms with Crippen molar-refractivity contribution in [1.82, 2.24) is 15.3 Å². The van der Waals surface area contributed by atoms with E-state index in [4.69, 9.17) is 31.4 Å². The van der Waals surface area contributed by atoms with Crippen molar-refractivity contribution in [1.29, 1.82) is 10.5 Å². The summed E-state index contributed by atoms with van der Waals surface area (Å²) in [6, 6.07) is 19.5. The summed E-state index contributed by atoms with van der Waals surface area (Å²) < 4.78 is 5.78. The molecule has 2 N–H and O–H groups in total. The molecule has 0 radical (unpaired) electrons. The third-order valence-corrected chi connectivity index (χ3v) is 8.93. The number of halogens is 1. The molecule has 1 fully saturated rings. The summed E-state index contributed by atoms with van der Waals surface area (Å²) in [4.78, 5) is 22.3. The number of anilines is 1. The lowest BCUT2D eigenvalue weighted by molar-refractivity contribution is -0.136. The number of aromatic nitrogens is 2. The van der Waals surface area contributed by atoms with Gasteiger partial charge in [-0.05, 0) is 36.2 Å². The number of pyridine rings is 1. The molecule has 4 aromatic rings. The number of hydrogen-bond donors (Lipinski definition) is 2. The first-order chi connectivity index (χ1) is 21.0. The molecule has 1 saturated heterocycles. The highest BCUT2D eigenvalue weighted by molar-refractivity contribution is 7.98. The van der Waals surface area contributed by atoms with Crippen LogP contribution in [0.4, 0.5) is 5.82 Å². The minimum absolute atomic E-state index is 0.0526. The monoisotopic (exact) mass is 630 g/mol. The molecule has 1 aliphatic rings. The van der Waals surface area contributed by atoms with E-state index in [2.05, 4.69) is 22.4 Å². The Hall–Kier alpha value is -4.13. The van der Waals surface area contributed by atoms with Gasteiger partial charge in [0, 0.05) is 53.5 Å². The number of nitriles is 2. The number of nitrogens with one attached hydrogen (secondary N) is 1. The molecule has 3 heterocycles. The smallest absolute Gasteiger partial charge is 0.304 e. The number of carboxylic acid groups (broad SMARTS) is 1. The highest BCUT2D eigenvalue weighted by Gasteiger charge is 2.27. The molecule has 1 aliphatic heterocycles. The molecule has 0 saturated carbocycles. The number of rotatable bonds is 13. The van der Waals surface area contributed by atoms with E-state index >= 15 is 0 Å². The van der Waals surface area contributed by atoms with Crippen LogP contribution in [0.15, 0.2) is 58.9 Å². The van der Waals surface area contributed by atoms with Crippen molar-refractivity contribution in [3.8, 4) is 39.6 Å². The summed E-state index contributed by atoms with van der Waals surface area (Å²) in [6.07, 6.45) is 1.07. The van der Waals surface area contributed by atoms with E-state index in [1.165, 1.54) is 11.8 Å². The van der Waals surface area contributed by atoms with Gasteiger partial charge >= 0.3 is 5.97 Å². The number of nitrogens with zero attached hydrogens (tertiary/aromatic N) is 5. The summed E-state index contributed by atoms with van der Waals surface area (Å²) >= 11 is 9.01. The van der Waals surface area contributed by atoms with Gasteiger partial charge in [-0.25, -0.2) is 9.97 Å². The molecule has 5 rings (SSSR count). The zero-order valence-electron chi connectivity index (χ0n) is 23.0. The second kappa shape index (κ2) is 14.4. The van der Waals surface area contributed by atoms with E-state index in [1.807, 2.05) is 41.8 Å². The Morgan fingerprint density at radius 2 is 1.77 bits per heavy atom. The average molecular weight is 631 g/mol. The van der Waals surface area contributed by atoms with Crippen LogP contribution in [0.5, 0.6) is 5.75 Å². The van der Waals surface area contributed by atoms with Gasteiger partial charge in [-0.2, -0.15) is 10.5 Å². The third-order valence-electron chi connectivity index (χ3n) is 6.73. The standard InChI is InChI=1S/C31H27ClN6O3S2/c32-22-6-2-21(3-7-22)30-36-23(18-42-30)19-43-31-26(17-34)28(25(16-33)29(37-31)38-13-1-14-38)20-4-8-24(9-5-20)41-15-12-35-11-10-27(39)40/h2-9,18,35H,1,10-15,19H2,(H,39,40). The number of thioether (sulfide) groups is 1. The Balaban J connectivity index is 1.38. The highest BCUT2D eigenvalue weighted by atomic mass is 35.5. The van der Waals surface area contributed by atoms with Gasteiger partial charge in [0.2, 0.25) is 0 Å². The molecular formula is C31H27ClN6O3S2. The average Bonchev–Trinajstić information content (AvgIpc) is 3.46. The van der Waals surface area contributed by atoms with Crippen molar-refractivity contribution in [3.63, 3.8) is 0 Å². The Labute approximate surface area is 262 Å². The molecule has 0 bridgehead atoms. The predicted octanol–water partition coefficient (Wildman–Crippen LogP) is 6.21. The number of carbonyl (C=O) groups is 1. The van der Waals surface area contributed by atoms with E-state index in [1.54, 1.807) is 23.5 Å². The Kier molecular flexibility index (Phi) is 10.1. The van der Waals surface area contributed by atoms with Crippen molar-refractivity contribution < 1.29 is 14.6 Å². The van der Waals surface area contributed by atoms with Gasteiger partial charge in [0.25, 0.3) is 0 Å². The lowest BCUT2D eigenvalue weighted by Gasteiger charge is -2.33. The molecule has 0 unspecified atom stereocenters. The zero-order valence-corrected chi connectivity index (χ0v) is 25.4. The maximum atomic E-state index is 10.6. The summed E-state index contributed by atoms with van der Waals surface area (Å²) in [5.74, 6) is 0.897. The quantitative estimate of drug-likeness (QED) is 0.130. The number of hydrogen-bond acceptors (Lipinski definition) is 10. The van der Waals surface area contributed by atoms with Crippen molar-refractivity contribution in [3.05, 3.63) is 75.8 Å². The van der Waals surface area contributed by atoms with Crippen LogP contribution < -0.4 is 15.0 Å². The van der Waals surface area contributed by atoms with E-state index in [-0.39, 0.29) is 6.42 Å². The SMILES string of the molecule is N#Cc1c(SCc2csc(-c3ccc(Cl)cc3)n2)nc(N2CCC2)c(C#N)c1-c1ccc(OCCNCCC(=O)O)cc1. The van der Waals surface area contributed by atoms with E-state index in [0.29, 0.717) is 63.8 Å². The largest absolute Gasteiger partial charge is 0.492 e. The van der Waals surface area contributed by atoms with Crippen LogP contribution in [0.25, 0.3) is 21.7 Å². The first-order valence-electron chi connectivity index (χ1n) is 13.6. The number of ether oxygens (including phenoxy) is 1. The van der Waals surface area contributed by atoms with Crippen LogP contribution in [0.2, 0.25) is 5.02 Å². The fourth-order valence-electron chi connectivity index (χ4n) is 4.43. The second-order valence-corrected chi connectivity index (χ2v) is 11.9. The van der Waals surface area contributed by atoms with Crippen LogP contribution in [0.3, 0.4) is 0 Å². The zero-order chi connectivity index (χ0) is 30.2. The number of thiazole rings is 1. The molecule has 2 aromatic heterocycles. The minimum Gasteiger partial charge on any atom is -0.492 e. The van der Waals surface area contributed by atoms with E-state index in [0.717, 1.165) is 41.3 Å². The Bertz CT molecular complexity index is 1680. The van der Waals surface area contributed by atoms with Crippen LogP contribution in [-0.4, -0.2) is 53.8 Å². The molecule has 218 valence electrons. The lowest BCUT2D eigenvalue weighted by atomic mass is 9.96. The molecule has 43 heavy (non-hydrogen) atoms. The Morgan fingerprint density at radius 3 is 2.42 bits per heavy atom. The summed E-state index contributed by atoms with van der Waals surface area (Å²) in [6.45, 7) is 2.87. The molecular weight excluding hydrogens is 604 g/mol.